The lowest BCUT2D eigenvalue weighted by atomic mass is 9.85. The number of methoxy groups -OCH3 is 1. The van der Waals surface area contributed by atoms with Crippen molar-refractivity contribution >= 4 is 24.0 Å². The van der Waals surface area contributed by atoms with Crippen LogP contribution in [-0.4, -0.2) is 36.1 Å². The third-order valence-corrected chi connectivity index (χ3v) is 5.96. The van der Waals surface area contributed by atoms with E-state index >= 15 is 0 Å². The van der Waals surface area contributed by atoms with Crippen molar-refractivity contribution in [1.82, 2.24) is 5.01 Å². The molecule has 2 fully saturated rings. The van der Waals surface area contributed by atoms with Gasteiger partial charge in [0.1, 0.15) is 11.5 Å². The van der Waals surface area contributed by atoms with Gasteiger partial charge >= 0.3 is 5.97 Å². The van der Waals surface area contributed by atoms with Crippen LogP contribution in [0.3, 0.4) is 0 Å². The van der Waals surface area contributed by atoms with Crippen LogP contribution in [0.25, 0.3) is 11.3 Å². The normalized spacial score (nSPS) is 27.3. The Hall–Kier alpha value is -3.48. The fourth-order valence-corrected chi connectivity index (χ4v) is 4.58. The Kier molecular flexibility index (Phi) is 3.97. The van der Waals surface area contributed by atoms with E-state index in [-0.39, 0.29) is 35.5 Å². The summed E-state index contributed by atoms with van der Waals surface area (Å²) in [5, 5.41) is 5.11. The van der Waals surface area contributed by atoms with Gasteiger partial charge in [0.25, 0.3) is 11.8 Å². The van der Waals surface area contributed by atoms with Crippen molar-refractivity contribution < 1.29 is 23.5 Å². The van der Waals surface area contributed by atoms with E-state index in [1.54, 1.807) is 36.4 Å². The van der Waals surface area contributed by atoms with Gasteiger partial charge in [0.05, 0.1) is 30.7 Å². The Morgan fingerprint density at radius 2 is 1.72 bits per heavy atom. The monoisotopic (exact) mass is 390 g/mol. The van der Waals surface area contributed by atoms with Gasteiger partial charge in [-0.3, -0.25) is 9.59 Å². The van der Waals surface area contributed by atoms with Crippen molar-refractivity contribution in [3.05, 3.63) is 59.9 Å². The van der Waals surface area contributed by atoms with E-state index in [0.717, 1.165) is 17.0 Å². The van der Waals surface area contributed by atoms with E-state index in [2.05, 4.69) is 22.0 Å². The molecule has 2 aliphatic carbocycles. The highest BCUT2D eigenvalue weighted by Gasteiger charge is 2.59. The molecule has 1 aromatic heterocycles. The van der Waals surface area contributed by atoms with Crippen LogP contribution in [0.5, 0.6) is 0 Å². The summed E-state index contributed by atoms with van der Waals surface area (Å²) in [6.07, 6.45) is 6.38. The standard InChI is InChI=1S/C22H18N2O5/c1-28-22(27)13-4-2-12(3-5-13)17-9-8-16(29-17)11-23-24-20(25)18-14-6-7-15(10-14)19(18)21(24)26/h2-9,11,14-15,18-19H,10H2,1H3/b23-11-/t14-,15-,18+,19+/m0/s1. The van der Waals surface area contributed by atoms with Gasteiger partial charge in [-0.1, -0.05) is 24.3 Å². The van der Waals surface area contributed by atoms with Crippen LogP contribution < -0.4 is 0 Å². The number of esters is 1. The summed E-state index contributed by atoms with van der Waals surface area (Å²) in [6, 6.07) is 10.3. The van der Waals surface area contributed by atoms with Crippen LogP contribution in [-0.2, 0) is 14.3 Å². The molecule has 0 N–H and O–H groups in total. The maximum Gasteiger partial charge on any atom is 0.337 e. The summed E-state index contributed by atoms with van der Waals surface area (Å²) in [4.78, 5) is 36.8. The van der Waals surface area contributed by atoms with Gasteiger partial charge in [0.2, 0.25) is 0 Å². The minimum absolute atomic E-state index is 0.157. The fourth-order valence-electron chi connectivity index (χ4n) is 4.58. The van der Waals surface area contributed by atoms with E-state index in [9.17, 15) is 14.4 Å². The van der Waals surface area contributed by atoms with Crippen molar-refractivity contribution in [2.45, 2.75) is 6.42 Å². The Labute approximate surface area is 166 Å². The molecule has 7 nitrogen and oxygen atoms in total. The van der Waals surface area contributed by atoms with Crippen LogP contribution in [0.2, 0.25) is 0 Å². The van der Waals surface area contributed by atoms with Gasteiger partial charge in [-0.25, -0.2) is 4.79 Å². The Morgan fingerprint density at radius 3 is 2.34 bits per heavy atom. The molecular formula is C22H18N2O5. The molecule has 1 saturated carbocycles. The third kappa shape index (κ3) is 2.73. The van der Waals surface area contributed by atoms with E-state index in [4.69, 9.17) is 4.42 Å². The number of hydrogen-bond donors (Lipinski definition) is 0. The molecule has 1 aromatic carbocycles. The number of rotatable bonds is 4. The van der Waals surface area contributed by atoms with Gasteiger partial charge in [-0.05, 0) is 42.5 Å². The quantitative estimate of drug-likeness (QED) is 0.347. The van der Waals surface area contributed by atoms with Crippen molar-refractivity contribution in [2.75, 3.05) is 7.11 Å². The zero-order chi connectivity index (χ0) is 20.1. The number of amides is 2. The maximum atomic E-state index is 12.6. The van der Waals surface area contributed by atoms with Crippen LogP contribution >= 0.6 is 0 Å². The summed E-state index contributed by atoms with van der Waals surface area (Å²) in [6.45, 7) is 0. The lowest BCUT2D eigenvalue weighted by molar-refractivity contribution is -0.140. The second-order valence-corrected chi connectivity index (χ2v) is 7.50. The molecule has 7 heteroatoms. The number of allylic oxidation sites excluding steroid dienone is 2. The van der Waals surface area contributed by atoms with Crippen molar-refractivity contribution in [3.8, 4) is 11.3 Å². The number of furan rings is 1. The second-order valence-electron chi connectivity index (χ2n) is 7.50. The summed E-state index contributed by atoms with van der Waals surface area (Å²) in [5.41, 5.74) is 1.23. The van der Waals surface area contributed by atoms with Crippen LogP contribution in [0, 0.1) is 23.7 Å². The molecule has 4 atom stereocenters. The first kappa shape index (κ1) is 17.6. The fraction of sp³-hybridized carbons (Fsp3) is 0.273. The predicted octanol–water partition coefficient (Wildman–Crippen LogP) is 2.87. The highest BCUT2D eigenvalue weighted by Crippen LogP contribution is 2.52. The Bertz CT molecular complexity index is 1040. The Morgan fingerprint density at radius 1 is 1.07 bits per heavy atom. The van der Waals surface area contributed by atoms with E-state index in [1.165, 1.54) is 13.3 Å². The first-order valence-electron chi connectivity index (χ1n) is 9.45. The number of nitrogens with zero attached hydrogens (tertiary/aromatic N) is 2. The highest BCUT2D eigenvalue weighted by atomic mass is 16.5. The predicted molar refractivity (Wildman–Crippen MR) is 103 cm³/mol. The average molecular weight is 390 g/mol. The molecule has 0 spiro atoms. The molecule has 2 heterocycles. The maximum absolute atomic E-state index is 12.6. The summed E-state index contributed by atoms with van der Waals surface area (Å²) >= 11 is 0. The zero-order valence-corrected chi connectivity index (χ0v) is 15.6. The molecule has 29 heavy (non-hydrogen) atoms. The largest absolute Gasteiger partial charge is 0.465 e. The molecular weight excluding hydrogens is 372 g/mol. The lowest BCUT2D eigenvalue weighted by Gasteiger charge is -2.13. The smallest absolute Gasteiger partial charge is 0.337 e. The molecule has 5 rings (SSSR count). The van der Waals surface area contributed by atoms with Gasteiger partial charge in [0, 0.05) is 5.56 Å². The Balaban J connectivity index is 1.32. The van der Waals surface area contributed by atoms with E-state index < -0.39 is 5.97 Å². The van der Waals surface area contributed by atoms with Crippen LogP contribution in [0.4, 0.5) is 0 Å². The van der Waals surface area contributed by atoms with Gasteiger partial charge in [-0.2, -0.15) is 10.1 Å². The number of hydrogen-bond acceptors (Lipinski definition) is 6. The molecule has 3 aliphatic rings. The van der Waals surface area contributed by atoms with Crippen LogP contribution in [0.1, 0.15) is 22.5 Å². The number of ether oxygens (including phenoxy) is 1. The molecule has 2 bridgehead atoms. The lowest BCUT2D eigenvalue weighted by Crippen LogP contribution is -2.28. The van der Waals surface area contributed by atoms with Gasteiger partial charge in [0.15, 0.2) is 0 Å². The number of imide groups is 1. The van der Waals surface area contributed by atoms with Crippen molar-refractivity contribution in [2.24, 2.45) is 28.8 Å². The number of fused-ring (bicyclic) bond motifs is 5. The number of benzene rings is 1. The topological polar surface area (TPSA) is 89.2 Å². The summed E-state index contributed by atoms with van der Waals surface area (Å²) < 4.78 is 10.4. The SMILES string of the molecule is COC(=O)c1ccc(-c2ccc(/C=N\N3C(=O)[C@H]4[C@H](C3=O)[C@H]3C=C[C@H]4C3)o2)cc1. The first-order valence-corrected chi connectivity index (χ1v) is 9.45. The minimum Gasteiger partial charge on any atom is -0.465 e. The molecule has 146 valence electrons. The summed E-state index contributed by atoms with van der Waals surface area (Å²) in [7, 11) is 1.33. The average Bonchev–Trinajstić information content (AvgIpc) is 3.51. The molecule has 2 amide bonds. The minimum atomic E-state index is -0.405. The first-order chi connectivity index (χ1) is 14.1. The third-order valence-electron chi connectivity index (χ3n) is 5.96. The van der Waals surface area contributed by atoms with Crippen molar-refractivity contribution in [3.63, 3.8) is 0 Å². The van der Waals surface area contributed by atoms with E-state index in [0.29, 0.717) is 17.1 Å². The van der Waals surface area contributed by atoms with Gasteiger partial charge in [-0.15, -0.1) is 0 Å². The molecule has 0 unspecified atom stereocenters. The zero-order valence-electron chi connectivity index (χ0n) is 15.6. The van der Waals surface area contributed by atoms with Crippen molar-refractivity contribution in [1.29, 1.82) is 0 Å². The van der Waals surface area contributed by atoms with E-state index in [1.807, 2.05) is 0 Å². The molecule has 2 aromatic rings. The summed E-state index contributed by atoms with van der Waals surface area (Å²) in [5.74, 6) is -0.0643. The van der Waals surface area contributed by atoms with Gasteiger partial charge < -0.3 is 9.15 Å². The molecule has 1 saturated heterocycles. The van der Waals surface area contributed by atoms with Crippen LogP contribution in [0.15, 0.2) is 58.1 Å². The second kappa shape index (κ2) is 6.55. The number of hydrazone groups is 1. The highest BCUT2D eigenvalue weighted by molar-refractivity contribution is 6.06. The molecule has 1 aliphatic heterocycles. The number of carbonyl (C=O) groups is 3. The molecule has 0 radical (unpaired) electrons. The number of carbonyl (C=O) groups excluding carboxylic acids is 3.